The maximum atomic E-state index is 11.0. The fourth-order valence-corrected chi connectivity index (χ4v) is 1.12. The highest BCUT2D eigenvalue weighted by Crippen LogP contribution is 1.97. The van der Waals surface area contributed by atoms with Gasteiger partial charge in [0, 0.05) is 24.6 Å². The summed E-state index contributed by atoms with van der Waals surface area (Å²) in [6, 6.07) is 1.48. The Labute approximate surface area is 77.2 Å². The molecular formula is C10H12N2O. The number of hydrogen-bond acceptors (Lipinski definition) is 2. The first kappa shape index (κ1) is 9.53. The Hall–Kier alpha value is -1.56. The second kappa shape index (κ2) is 4.46. The third kappa shape index (κ3) is 3.12. The van der Waals surface area contributed by atoms with Crippen molar-refractivity contribution in [2.24, 2.45) is 0 Å². The van der Waals surface area contributed by atoms with Gasteiger partial charge in [0.1, 0.15) is 5.82 Å². The highest BCUT2D eigenvalue weighted by Gasteiger charge is 1.96. The van der Waals surface area contributed by atoms with Crippen LogP contribution in [-0.2, 0) is 6.42 Å². The van der Waals surface area contributed by atoms with Crippen LogP contribution >= 0.6 is 0 Å². The van der Waals surface area contributed by atoms with Crippen molar-refractivity contribution >= 4 is 0 Å². The van der Waals surface area contributed by atoms with E-state index in [0.717, 1.165) is 30.8 Å². The number of H-pyrrole nitrogens is 1. The third-order valence-electron chi connectivity index (χ3n) is 1.65. The summed E-state index contributed by atoms with van der Waals surface area (Å²) in [6.07, 6.45) is 7.43. The zero-order valence-electron chi connectivity index (χ0n) is 7.63. The fraction of sp³-hybridized carbons (Fsp3) is 0.400. The van der Waals surface area contributed by atoms with Crippen molar-refractivity contribution in [2.75, 3.05) is 0 Å². The van der Waals surface area contributed by atoms with Gasteiger partial charge in [-0.1, -0.05) is 0 Å². The maximum absolute atomic E-state index is 11.0. The van der Waals surface area contributed by atoms with Gasteiger partial charge in [-0.2, -0.15) is 0 Å². The van der Waals surface area contributed by atoms with Crippen LogP contribution in [0.25, 0.3) is 0 Å². The molecule has 0 atom stereocenters. The Balaban J connectivity index is 2.68. The third-order valence-corrected chi connectivity index (χ3v) is 1.65. The minimum atomic E-state index is -0.0943. The van der Waals surface area contributed by atoms with E-state index in [1.54, 1.807) is 6.92 Å². The number of terminal acetylenes is 1. The number of nitrogens with zero attached hydrogens (tertiary/aromatic N) is 1. The van der Waals surface area contributed by atoms with Crippen molar-refractivity contribution in [3.05, 3.63) is 27.9 Å². The molecule has 1 N–H and O–H groups in total. The highest BCUT2D eigenvalue weighted by atomic mass is 16.1. The van der Waals surface area contributed by atoms with Gasteiger partial charge in [0.15, 0.2) is 0 Å². The van der Waals surface area contributed by atoms with E-state index in [2.05, 4.69) is 15.9 Å². The Bertz CT molecular complexity index is 373. The number of aromatic nitrogens is 2. The zero-order valence-corrected chi connectivity index (χ0v) is 7.63. The molecular weight excluding hydrogens is 164 g/mol. The standard InChI is InChI=1S/C10H12N2O/c1-3-4-5-6-9-11-8(2)7-10(13)12-9/h1,7H,4-6H2,2H3,(H,11,12,13). The summed E-state index contributed by atoms with van der Waals surface area (Å²) >= 11 is 0. The molecule has 0 saturated carbocycles. The summed E-state index contributed by atoms with van der Waals surface area (Å²) < 4.78 is 0. The van der Waals surface area contributed by atoms with Crippen LogP contribution in [0.3, 0.4) is 0 Å². The molecule has 0 amide bonds. The van der Waals surface area contributed by atoms with Crippen LogP contribution in [0.4, 0.5) is 0 Å². The van der Waals surface area contributed by atoms with Gasteiger partial charge in [-0.25, -0.2) is 4.98 Å². The summed E-state index contributed by atoms with van der Waals surface area (Å²) in [4.78, 5) is 17.9. The molecule has 0 unspecified atom stereocenters. The molecule has 0 aliphatic heterocycles. The van der Waals surface area contributed by atoms with Gasteiger partial charge in [0.25, 0.3) is 5.56 Å². The summed E-state index contributed by atoms with van der Waals surface area (Å²) in [5.41, 5.74) is 0.655. The number of nitrogens with one attached hydrogen (secondary N) is 1. The molecule has 1 rings (SSSR count). The van der Waals surface area contributed by atoms with E-state index in [1.165, 1.54) is 6.07 Å². The molecule has 0 aliphatic rings. The second-order valence-corrected chi connectivity index (χ2v) is 2.89. The number of unbranched alkanes of at least 4 members (excludes halogenated alkanes) is 1. The Morgan fingerprint density at radius 3 is 3.08 bits per heavy atom. The predicted octanol–water partition coefficient (Wildman–Crippen LogP) is 1.03. The van der Waals surface area contributed by atoms with Gasteiger partial charge in [-0.05, 0) is 13.3 Å². The molecule has 0 bridgehead atoms. The minimum absolute atomic E-state index is 0.0943. The first-order valence-electron chi connectivity index (χ1n) is 4.22. The lowest BCUT2D eigenvalue weighted by atomic mass is 10.2. The predicted molar refractivity (Wildman–Crippen MR) is 51.4 cm³/mol. The van der Waals surface area contributed by atoms with Gasteiger partial charge in [0.2, 0.25) is 0 Å². The van der Waals surface area contributed by atoms with Gasteiger partial charge < -0.3 is 4.98 Å². The zero-order chi connectivity index (χ0) is 9.68. The van der Waals surface area contributed by atoms with Crippen LogP contribution in [-0.4, -0.2) is 9.97 Å². The number of aromatic amines is 1. The number of rotatable bonds is 3. The molecule has 1 aromatic rings. The first-order chi connectivity index (χ1) is 6.22. The molecule has 1 heterocycles. The van der Waals surface area contributed by atoms with Crippen LogP contribution in [0, 0.1) is 19.3 Å². The molecule has 0 fully saturated rings. The maximum Gasteiger partial charge on any atom is 0.251 e. The highest BCUT2D eigenvalue weighted by molar-refractivity contribution is 5.00. The molecule has 0 aliphatic carbocycles. The first-order valence-corrected chi connectivity index (χ1v) is 4.22. The normalized spacial score (nSPS) is 9.54. The average Bonchev–Trinajstić information content (AvgIpc) is 2.03. The van der Waals surface area contributed by atoms with E-state index in [1.807, 2.05) is 0 Å². The largest absolute Gasteiger partial charge is 0.311 e. The summed E-state index contributed by atoms with van der Waals surface area (Å²) in [6.45, 7) is 1.81. The van der Waals surface area contributed by atoms with E-state index >= 15 is 0 Å². The molecule has 1 aromatic heterocycles. The molecule has 68 valence electrons. The Morgan fingerprint density at radius 1 is 1.69 bits per heavy atom. The summed E-state index contributed by atoms with van der Waals surface area (Å²) in [5, 5.41) is 0. The van der Waals surface area contributed by atoms with Gasteiger partial charge >= 0.3 is 0 Å². The smallest absolute Gasteiger partial charge is 0.251 e. The van der Waals surface area contributed by atoms with Crippen molar-refractivity contribution < 1.29 is 0 Å². The molecule has 0 saturated heterocycles. The van der Waals surface area contributed by atoms with Gasteiger partial charge in [-0.3, -0.25) is 4.79 Å². The van der Waals surface area contributed by atoms with E-state index < -0.39 is 0 Å². The lowest BCUT2D eigenvalue weighted by Crippen LogP contribution is -2.11. The van der Waals surface area contributed by atoms with Crippen LogP contribution in [0.5, 0.6) is 0 Å². The van der Waals surface area contributed by atoms with Crippen LogP contribution in [0.1, 0.15) is 24.4 Å². The Morgan fingerprint density at radius 2 is 2.46 bits per heavy atom. The lowest BCUT2D eigenvalue weighted by molar-refractivity contribution is 0.782. The molecule has 3 heteroatoms. The minimum Gasteiger partial charge on any atom is -0.311 e. The quantitative estimate of drug-likeness (QED) is 0.552. The van der Waals surface area contributed by atoms with Crippen molar-refractivity contribution in [3.63, 3.8) is 0 Å². The van der Waals surface area contributed by atoms with Crippen LogP contribution in [0.2, 0.25) is 0 Å². The van der Waals surface area contributed by atoms with E-state index in [4.69, 9.17) is 6.42 Å². The van der Waals surface area contributed by atoms with Crippen molar-refractivity contribution in [2.45, 2.75) is 26.2 Å². The number of aryl methyl sites for hydroxylation is 2. The average molecular weight is 176 g/mol. The summed E-state index contributed by atoms with van der Waals surface area (Å²) in [5.74, 6) is 3.27. The van der Waals surface area contributed by atoms with Crippen molar-refractivity contribution in [1.29, 1.82) is 0 Å². The topological polar surface area (TPSA) is 45.8 Å². The second-order valence-electron chi connectivity index (χ2n) is 2.89. The van der Waals surface area contributed by atoms with E-state index in [9.17, 15) is 4.79 Å². The SMILES string of the molecule is C#CCCCc1nc(C)cc(=O)[nH]1. The molecule has 0 aromatic carbocycles. The van der Waals surface area contributed by atoms with Gasteiger partial charge in [-0.15, -0.1) is 12.3 Å². The van der Waals surface area contributed by atoms with Gasteiger partial charge in [0.05, 0.1) is 0 Å². The number of hydrogen-bond donors (Lipinski definition) is 1. The fourth-order valence-electron chi connectivity index (χ4n) is 1.12. The summed E-state index contributed by atoms with van der Waals surface area (Å²) in [7, 11) is 0. The van der Waals surface area contributed by atoms with Crippen molar-refractivity contribution in [3.8, 4) is 12.3 Å². The van der Waals surface area contributed by atoms with Crippen LogP contribution < -0.4 is 5.56 Å². The van der Waals surface area contributed by atoms with Crippen molar-refractivity contribution in [1.82, 2.24) is 9.97 Å². The lowest BCUT2D eigenvalue weighted by Gasteiger charge is -1.98. The monoisotopic (exact) mass is 176 g/mol. The molecule has 3 nitrogen and oxygen atoms in total. The molecule has 0 spiro atoms. The van der Waals surface area contributed by atoms with Crippen LogP contribution in [0.15, 0.2) is 10.9 Å². The molecule has 13 heavy (non-hydrogen) atoms. The molecule has 0 radical (unpaired) electrons. The van der Waals surface area contributed by atoms with E-state index in [-0.39, 0.29) is 5.56 Å². The Kier molecular flexibility index (Phi) is 3.27. The van der Waals surface area contributed by atoms with E-state index in [0.29, 0.717) is 0 Å².